The van der Waals surface area contributed by atoms with Gasteiger partial charge in [-0.1, -0.05) is 31.5 Å². The zero-order valence-corrected chi connectivity index (χ0v) is 16.2. The fraction of sp³-hybridized carbons (Fsp3) is 0.650. The molecule has 0 radical (unpaired) electrons. The molecule has 1 aromatic rings. The van der Waals surface area contributed by atoms with Crippen molar-refractivity contribution in [2.45, 2.75) is 45.2 Å². The first-order valence-electron chi connectivity index (χ1n) is 9.38. The second kappa shape index (κ2) is 7.55. The highest BCUT2D eigenvalue weighted by Crippen LogP contribution is 2.42. The second-order valence-corrected chi connectivity index (χ2v) is 8.60. The van der Waals surface area contributed by atoms with Crippen LogP contribution in [0.5, 0.6) is 0 Å². The Hall–Kier alpha value is -1.26. The molecule has 138 valence electrons. The van der Waals surface area contributed by atoms with Crippen LogP contribution in [-0.2, 0) is 4.79 Å². The molecule has 0 unspecified atom stereocenters. The van der Waals surface area contributed by atoms with E-state index in [-0.39, 0.29) is 11.9 Å². The molecule has 1 amide bonds. The van der Waals surface area contributed by atoms with E-state index in [0.29, 0.717) is 23.8 Å². The minimum absolute atomic E-state index is 0.163. The number of likely N-dealkylation sites (N-methyl/N-ethyl adjacent to an activating group) is 1. The molecule has 1 saturated heterocycles. The SMILES string of the molecule is CC(C)C[C@@H](C(N)=O)N(C)[C@H]1CC[C@@H]2CN(c3cccc(Cl)c3)C[C@@H]21. The van der Waals surface area contributed by atoms with Crippen LogP contribution in [0, 0.1) is 17.8 Å². The third-order valence-electron chi connectivity index (χ3n) is 6.03. The van der Waals surface area contributed by atoms with Crippen LogP contribution in [0.4, 0.5) is 5.69 Å². The summed E-state index contributed by atoms with van der Waals surface area (Å²) in [6.45, 7) is 6.42. The van der Waals surface area contributed by atoms with Gasteiger partial charge in [0.25, 0.3) is 0 Å². The van der Waals surface area contributed by atoms with Gasteiger partial charge in [0.05, 0.1) is 6.04 Å². The van der Waals surface area contributed by atoms with Gasteiger partial charge in [0.15, 0.2) is 0 Å². The number of benzene rings is 1. The molecule has 2 fully saturated rings. The summed E-state index contributed by atoms with van der Waals surface area (Å²) < 4.78 is 0. The number of carbonyl (C=O) groups is 1. The van der Waals surface area contributed by atoms with Crippen molar-refractivity contribution < 1.29 is 4.79 Å². The summed E-state index contributed by atoms with van der Waals surface area (Å²) in [6, 6.07) is 8.39. The first kappa shape index (κ1) is 18.5. The monoisotopic (exact) mass is 363 g/mol. The number of nitrogens with zero attached hydrogens (tertiary/aromatic N) is 2. The van der Waals surface area contributed by atoms with Crippen molar-refractivity contribution in [3.8, 4) is 0 Å². The van der Waals surface area contributed by atoms with Crippen molar-refractivity contribution in [1.29, 1.82) is 0 Å². The molecule has 25 heavy (non-hydrogen) atoms. The fourth-order valence-corrected chi connectivity index (χ4v) is 4.97. The third kappa shape index (κ3) is 3.95. The summed E-state index contributed by atoms with van der Waals surface area (Å²) in [5.41, 5.74) is 6.93. The maximum atomic E-state index is 12.0. The zero-order chi connectivity index (χ0) is 18.1. The highest BCUT2D eigenvalue weighted by molar-refractivity contribution is 6.30. The van der Waals surface area contributed by atoms with E-state index >= 15 is 0 Å². The van der Waals surface area contributed by atoms with Gasteiger partial charge in [-0.2, -0.15) is 0 Å². The average Bonchev–Trinajstić information content (AvgIpc) is 3.11. The molecule has 1 aromatic carbocycles. The number of nitrogens with two attached hydrogens (primary N) is 1. The molecule has 2 aliphatic rings. The standard InChI is InChI=1S/C20H30ClN3O/c1-13(2)9-19(20(22)25)23(3)18-8-7-14-11-24(12-17(14)18)16-6-4-5-15(21)10-16/h4-6,10,13-14,17-19H,7-9,11-12H2,1-3H3,(H2,22,25)/t14-,17+,18+,19+/m1/s1. The van der Waals surface area contributed by atoms with Crippen LogP contribution in [0.2, 0.25) is 5.02 Å². The van der Waals surface area contributed by atoms with E-state index < -0.39 is 0 Å². The topological polar surface area (TPSA) is 49.6 Å². The number of hydrogen-bond donors (Lipinski definition) is 1. The van der Waals surface area contributed by atoms with Gasteiger partial charge in [0.1, 0.15) is 0 Å². The molecule has 1 aliphatic carbocycles. The summed E-state index contributed by atoms with van der Waals surface area (Å²) in [4.78, 5) is 16.7. The van der Waals surface area contributed by atoms with Gasteiger partial charge in [0.2, 0.25) is 5.91 Å². The van der Waals surface area contributed by atoms with E-state index in [4.69, 9.17) is 17.3 Å². The molecular formula is C20H30ClN3O. The van der Waals surface area contributed by atoms with E-state index in [1.165, 1.54) is 12.1 Å². The quantitative estimate of drug-likeness (QED) is 0.842. The Kier molecular flexibility index (Phi) is 5.59. The predicted octanol–water partition coefficient (Wildman–Crippen LogP) is 3.39. The number of primary amides is 1. The number of anilines is 1. The van der Waals surface area contributed by atoms with E-state index in [2.05, 4.69) is 36.8 Å². The lowest BCUT2D eigenvalue weighted by atomic mass is 9.94. The average molecular weight is 364 g/mol. The third-order valence-corrected chi connectivity index (χ3v) is 6.27. The molecule has 0 aromatic heterocycles. The number of carbonyl (C=O) groups excluding carboxylic acids is 1. The Morgan fingerprint density at radius 1 is 1.36 bits per heavy atom. The van der Waals surface area contributed by atoms with Crippen LogP contribution in [0.1, 0.15) is 33.1 Å². The maximum Gasteiger partial charge on any atom is 0.234 e. The van der Waals surface area contributed by atoms with Crippen LogP contribution < -0.4 is 10.6 Å². The molecule has 1 heterocycles. The van der Waals surface area contributed by atoms with Crippen LogP contribution in [0.15, 0.2) is 24.3 Å². The number of halogens is 1. The second-order valence-electron chi connectivity index (χ2n) is 8.17. The lowest BCUT2D eigenvalue weighted by molar-refractivity contribution is -0.124. The summed E-state index contributed by atoms with van der Waals surface area (Å²) >= 11 is 6.16. The number of amides is 1. The summed E-state index contributed by atoms with van der Waals surface area (Å²) in [7, 11) is 2.09. The minimum atomic E-state index is -0.190. The van der Waals surface area contributed by atoms with E-state index in [1.54, 1.807) is 0 Å². The van der Waals surface area contributed by atoms with Crippen molar-refractivity contribution in [2.24, 2.45) is 23.5 Å². The summed E-state index contributed by atoms with van der Waals surface area (Å²) in [6.07, 6.45) is 3.22. The number of hydrogen-bond acceptors (Lipinski definition) is 3. The van der Waals surface area contributed by atoms with E-state index in [1.807, 2.05) is 18.2 Å². The van der Waals surface area contributed by atoms with Gasteiger partial charge in [-0.05, 0) is 62.3 Å². The molecule has 5 heteroatoms. The summed E-state index contributed by atoms with van der Waals surface area (Å²) in [5, 5.41) is 0.786. The molecule has 1 aliphatic heterocycles. The van der Waals surface area contributed by atoms with Crippen LogP contribution in [0.3, 0.4) is 0 Å². The van der Waals surface area contributed by atoms with Crippen LogP contribution >= 0.6 is 11.6 Å². The highest BCUT2D eigenvalue weighted by Gasteiger charge is 2.45. The molecule has 0 bridgehead atoms. The largest absolute Gasteiger partial charge is 0.371 e. The van der Waals surface area contributed by atoms with Crippen LogP contribution in [0.25, 0.3) is 0 Å². The Balaban J connectivity index is 1.72. The van der Waals surface area contributed by atoms with Gasteiger partial charge >= 0.3 is 0 Å². The highest BCUT2D eigenvalue weighted by atomic mass is 35.5. The lowest BCUT2D eigenvalue weighted by Crippen LogP contribution is -2.50. The Bertz CT molecular complexity index is 621. The van der Waals surface area contributed by atoms with Crippen molar-refractivity contribution in [2.75, 3.05) is 25.0 Å². The Morgan fingerprint density at radius 2 is 2.12 bits per heavy atom. The number of rotatable bonds is 6. The van der Waals surface area contributed by atoms with Crippen molar-refractivity contribution in [3.05, 3.63) is 29.3 Å². The minimum Gasteiger partial charge on any atom is -0.371 e. The van der Waals surface area contributed by atoms with E-state index in [0.717, 1.165) is 31.0 Å². The van der Waals surface area contributed by atoms with Gasteiger partial charge in [-0.3, -0.25) is 9.69 Å². The van der Waals surface area contributed by atoms with Gasteiger partial charge < -0.3 is 10.6 Å². The molecule has 0 spiro atoms. The Labute approximate surface area is 156 Å². The van der Waals surface area contributed by atoms with Gasteiger partial charge in [-0.15, -0.1) is 0 Å². The zero-order valence-electron chi connectivity index (χ0n) is 15.5. The molecule has 1 saturated carbocycles. The van der Waals surface area contributed by atoms with Crippen molar-refractivity contribution in [1.82, 2.24) is 4.90 Å². The van der Waals surface area contributed by atoms with Gasteiger partial charge in [-0.25, -0.2) is 0 Å². The summed E-state index contributed by atoms with van der Waals surface area (Å²) in [5.74, 6) is 1.56. The Morgan fingerprint density at radius 3 is 2.76 bits per heavy atom. The molecule has 4 nitrogen and oxygen atoms in total. The fourth-order valence-electron chi connectivity index (χ4n) is 4.79. The van der Waals surface area contributed by atoms with Crippen molar-refractivity contribution >= 4 is 23.2 Å². The normalized spacial score (nSPS) is 27.1. The number of fused-ring (bicyclic) bond motifs is 1. The first-order valence-corrected chi connectivity index (χ1v) is 9.76. The van der Waals surface area contributed by atoms with Crippen LogP contribution in [-0.4, -0.2) is 43.0 Å². The molecular weight excluding hydrogens is 334 g/mol. The smallest absolute Gasteiger partial charge is 0.234 e. The maximum absolute atomic E-state index is 12.0. The van der Waals surface area contributed by atoms with Gasteiger partial charge in [0, 0.05) is 29.8 Å². The molecule has 4 atom stereocenters. The lowest BCUT2D eigenvalue weighted by Gasteiger charge is -2.35. The molecule has 3 rings (SSSR count). The van der Waals surface area contributed by atoms with Crippen molar-refractivity contribution in [3.63, 3.8) is 0 Å². The first-order chi connectivity index (χ1) is 11.9. The predicted molar refractivity (Wildman–Crippen MR) is 104 cm³/mol. The molecule has 2 N–H and O–H groups in total. The van der Waals surface area contributed by atoms with E-state index in [9.17, 15) is 4.79 Å².